The summed E-state index contributed by atoms with van der Waals surface area (Å²) in [5.74, 6) is 1.75. The number of aliphatic imine (C=N–C) groups is 1. The van der Waals surface area contributed by atoms with E-state index in [-0.39, 0.29) is 0 Å². The second-order valence-corrected chi connectivity index (χ2v) is 6.67. The molecule has 0 bridgehead atoms. The molecule has 5 nitrogen and oxygen atoms in total. The Balaban J connectivity index is 1.86. The van der Waals surface area contributed by atoms with Crippen molar-refractivity contribution in [1.82, 2.24) is 15.2 Å². The smallest absolute Gasteiger partial charge is 0.194 e. The van der Waals surface area contributed by atoms with E-state index in [1.54, 1.807) is 11.3 Å². The number of nitrogens with one attached hydrogen (secondary N) is 1. The van der Waals surface area contributed by atoms with Gasteiger partial charge in [0.2, 0.25) is 0 Å². The molecule has 0 fully saturated rings. The average Bonchev–Trinajstić information content (AvgIpc) is 2.97. The van der Waals surface area contributed by atoms with Crippen LogP contribution in [0.2, 0.25) is 0 Å². The van der Waals surface area contributed by atoms with Gasteiger partial charge in [-0.2, -0.15) is 0 Å². The van der Waals surface area contributed by atoms with Crippen molar-refractivity contribution in [3.63, 3.8) is 0 Å². The minimum atomic E-state index is 0.557. The van der Waals surface area contributed by atoms with Gasteiger partial charge in [0, 0.05) is 19.0 Å². The first-order valence-electron chi connectivity index (χ1n) is 8.18. The van der Waals surface area contributed by atoms with Gasteiger partial charge in [0.1, 0.15) is 12.4 Å². The minimum absolute atomic E-state index is 0.557. The maximum absolute atomic E-state index is 5.73. The predicted octanol–water partition coefficient (Wildman–Crippen LogP) is 3.24. The first-order valence-corrected chi connectivity index (χ1v) is 9.06. The highest BCUT2D eigenvalue weighted by Gasteiger charge is 2.08. The highest BCUT2D eigenvalue weighted by molar-refractivity contribution is 7.09. The van der Waals surface area contributed by atoms with Crippen molar-refractivity contribution in [2.45, 2.75) is 27.3 Å². The zero-order chi connectivity index (χ0) is 17.4. The number of nitrogens with zero attached hydrogens (tertiary/aromatic N) is 3. The Morgan fingerprint density at radius 1 is 1.29 bits per heavy atom. The Hall–Kier alpha value is -2.08. The highest BCUT2D eigenvalue weighted by Crippen LogP contribution is 2.11. The number of ether oxygens (including phenoxy) is 1. The van der Waals surface area contributed by atoms with E-state index in [1.165, 1.54) is 5.56 Å². The third kappa shape index (κ3) is 5.85. The van der Waals surface area contributed by atoms with Gasteiger partial charge in [0.15, 0.2) is 5.96 Å². The number of guanidine groups is 1. The number of benzene rings is 1. The SMILES string of the molecule is CCNC(=NCCOc1ccc(C)cc1)N(C)Cc1csc(C)n1. The molecule has 0 saturated carbocycles. The Bertz CT molecular complexity index is 651. The van der Waals surface area contributed by atoms with Crippen LogP contribution in [0.1, 0.15) is 23.2 Å². The topological polar surface area (TPSA) is 49.8 Å². The largest absolute Gasteiger partial charge is 0.492 e. The third-order valence-corrected chi connectivity index (χ3v) is 4.23. The Morgan fingerprint density at radius 3 is 2.67 bits per heavy atom. The summed E-state index contributed by atoms with van der Waals surface area (Å²) < 4.78 is 5.73. The lowest BCUT2D eigenvalue weighted by Gasteiger charge is -2.21. The molecule has 1 N–H and O–H groups in total. The van der Waals surface area contributed by atoms with E-state index in [2.05, 4.69) is 39.4 Å². The molecule has 2 aromatic rings. The van der Waals surface area contributed by atoms with Crippen molar-refractivity contribution in [3.8, 4) is 5.75 Å². The number of hydrogen-bond donors (Lipinski definition) is 1. The lowest BCUT2D eigenvalue weighted by molar-refractivity contribution is 0.327. The quantitative estimate of drug-likeness (QED) is 0.475. The number of rotatable bonds is 7. The highest BCUT2D eigenvalue weighted by atomic mass is 32.1. The maximum atomic E-state index is 5.73. The van der Waals surface area contributed by atoms with Crippen LogP contribution in [0.5, 0.6) is 5.75 Å². The molecule has 6 heteroatoms. The fraction of sp³-hybridized carbons (Fsp3) is 0.444. The van der Waals surface area contributed by atoms with Gasteiger partial charge in [-0.1, -0.05) is 17.7 Å². The number of aromatic nitrogens is 1. The summed E-state index contributed by atoms with van der Waals surface area (Å²) >= 11 is 1.67. The van der Waals surface area contributed by atoms with Crippen molar-refractivity contribution in [1.29, 1.82) is 0 Å². The molecule has 24 heavy (non-hydrogen) atoms. The molecule has 0 saturated heterocycles. The molecule has 1 heterocycles. The monoisotopic (exact) mass is 346 g/mol. The van der Waals surface area contributed by atoms with Crippen LogP contribution in [0.15, 0.2) is 34.6 Å². The average molecular weight is 347 g/mol. The zero-order valence-corrected chi connectivity index (χ0v) is 15.7. The predicted molar refractivity (Wildman–Crippen MR) is 101 cm³/mol. The molecule has 0 radical (unpaired) electrons. The maximum Gasteiger partial charge on any atom is 0.194 e. The van der Waals surface area contributed by atoms with Gasteiger partial charge >= 0.3 is 0 Å². The molecule has 0 unspecified atom stereocenters. The lowest BCUT2D eigenvalue weighted by Crippen LogP contribution is -2.38. The van der Waals surface area contributed by atoms with Crippen molar-refractivity contribution in [3.05, 3.63) is 45.9 Å². The molecule has 130 valence electrons. The van der Waals surface area contributed by atoms with Crippen molar-refractivity contribution < 1.29 is 4.74 Å². The molecule has 0 aliphatic carbocycles. The van der Waals surface area contributed by atoms with Crippen LogP contribution >= 0.6 is 11.3 Å². The number of hydrogen-bond acceptors (Lipinski definition) is 4. The second-order valence-electron chi connectivity index (χ2n) is 5.61. The van der Waals surface area contributed by atoms with E-state index in [1.807, 2.05) is 38.2 Å². The second kappa shape index (κ2) is 9.27. The Kier molecular flexibility index (Phi) is 7.06. The Morgan fingerprint density at radius 2 is 2.04 bits per heavy atom. The lowest BCUT2D eigenvalue weighted by atomic mass is 10.2. The normalized spacial score (nSPS) is 11.4. The van der Waals surface area contributed by atoms with Crippen molar-refractivity contribution in [2.75, 3.05) is 26.7 Å². The van der Waals surface area contributed by atoms with Crippen LogP contribution in [-0.4, -0.2) is 42.6 Å². The van der Waals surface area contributed by atoms with Gasteiger partial charge in [0.25, 0.3) is 0 Å². The number of aryl methyl sites for hydroxylation is 2. The van der Waals surface area contributed by atoms with E-state index >= 15 is 0 Å². The molecule has 1 aromatic carbocycles. The zero-order valence-electron chi connectivity index (χ0n) is 14.9. The summed E-state index contributed by atoms with van der Waals surface area (Å²) in [7, 11) is 2.02. The summed E-state index contributed by atoms with van der Waals surface area (Å²) in [6, 6.07) is 8.07. The first-order chi connectivity index (χ1) is 11.6. The molecule has 0 aliphatic heterocycles. The molecule has 0 spiro atoms. The molecule has 0 amide bonds. The number of thiazole rings is 1. The summed E-state index contributed by atoms with van der Waals surface area (Å²) in [6.07, 6.45) is 0. The van der Waals surface area contributed by atoms with Crippen LogP contribution in [-0.2, 0) is 6.54 Å². The van der Waals surface area contributed by atoms with Crippen LogP contribution in [0.4, 0.5) is 0 Å². The fourth-order valence-electron chi connectivity index (χ4n) is 2.22. The molecular formula is C18H26N4OS. The summed E-state index contributed by atoms with van der Waals surface area (Å²) in [5, 5.41) is 6.49. The standard InChI is InChI=1S/C18H26N4OS/c1-5-19-18(22(4)12-16-13-24-15(3)21-16)20-10-11-23-17-8-6-14(2)7-9-17/h6-9,13H,5,10-12H2,1-4H3,(H,19,20). The van der Waals surface area contributed by atoms with Gasteiger partial charge in [-0.15, -0.1) is 11.3 Å². The van der Waals surface area contributed by atoms with Crippen molar-refractivity contribution >= 4 is 17.3 Å². The molecular weight excluding hydrogens is 320 g/mol. The molecule has 2 rings (SSSR count). The van der Waals surface area contributed by atoms with Gasteiger partial charge in [-0.3, -0.25) is 0 Å². The van der Waals surface area contributed by atoms with E-state index in [0.29, 0.717) is 13.2 Å². The van der Waals surface area contributed by atoms with E-state index in [0.717, 1.165) is 35.5 Å². The fourth-order valence-corrected chi connectivity index (χ4v) is 2.82. The van der Waals surface area contributed by atoms with E-state index in [9.17, 15) is 0 Å². The van der Waals surface area contributed by atoms with Gasteiger partial charge in [0.05, 0.1) is 23.8 Å². The minimum Gasteiger partial charge on any atom is -0.492 e. The summed E-state index contributed by atoms with van der Waals surface area (Å²) in [6.45, 7) is 8.90. The van der Waals surface area contributed by atoms with Crippen LogP contribution < -0.4 is 10.1 Å². The van der Waals surface area contributed by atoms with Gasteiger partial charge in [-0.25, -0.2) is 9.98 Å². The summed E-state index contributed by atoms with van der Waals surface area (Å²) in [4.78, 5) is 11.2. The third-order valence-electron chi connectivity index (χ3n) is 3.40. The molecule has 0 atom stereocenters. The van der Waals surface area contributed by atoms with E-state index in [4.69, 9.17) is 4.74 Å². The van der Waals surface area contributed by atoms with Crippen LogP contribution in [0, 0.1) is 13.8 Å². The van der Waals surface area contributed by atoms with E-state index < -0.39 is 0 Å². The van der Waals surface area contributed by atoms with Crippen LogP contribution in [0.25, 0.3) is 0 Å². The van der Waals surface area contributed by atoms with Gasteiger partial charge < -0.3 is 15.0 Å². The van der Waals surface area contributed by atoms with Gasteiger partial charge in [-0.05, 0) is 32.9 Å². The molecule has 0 aliphatic rings. The van der Waals surface area contributed by atoms with Crippen LogP contribution in [0.3, 0.4) is 0 Å². The Labute approximate surface area is 148 Å². The molecule has 1 aromatic heterocycles. The first kappa shape index (κ1) is 18.3. The summed E-state index contributed by atoms with van der Waals surface area (Å²) in [5.41, 5.74) is 2.30. The van der Waals surface area contributed by atoms with Crippen molar-refractivity contribution in [2.24, 2.45) is 4.99 Å².